The molecule has 0 radical (unpaired) electrons. The lowest BCUT2D eigenvalue weighted by atomic mass is 10.1. The van der Waals surface area contributed by atoms with Crippen molar-refractivity contribution >= 4 is 23.6 Å². The molecule has 0 unspecified atom stereocenters. The Morgan fingerprint density at radius 3 is 2.69 bits per heavy atom. The molecular formula is C27H29ClN4O3. The first-order chi connectivity index (χ1) is 17.1. The van der Waals surface area contributed by atoms with Gasteiger partial charge in [0.15, 0.2) is 0 Å². The van der Waals surface area contributed by atoms with E-state index in [1.807, 2.05) is 48.5 Å². The van der Waals surface area contributed by atoms with Gasteiger partial charge in [-0.1, -0.05) is 43.1 Å². The largest absolute Gasteiger partial charge is 0.492 e. The van der Waals surface area contributed by atoms with Crippen LogP contribution < -0.4 is 10.1 Å². The van der Waals surface area contributed by atoms with Gasteiger partial charge in [-0.3, -0.25) is 4.79 Å². The van der Waals surface area contributed by atoms with Crippen molar-refractivity contribution in [2.45, 2.75) is 26.2 Å². The van der Waals surface area contributed by atoms with E-state index < -0.39 is 5.91 Å². The van der Waals surface area contributed by atoms with Crippen LogP contribution in [0.3, 0.4) is 0 Å². The van der Waals surface area contributed by atoms with E-state index in [4.69, 9.17) is 26.2 Å². The van der Waals surface area contributed by atoms with Gasteiger partial charge in [-0.25, -0.2) is 4.68 Å². The number of amides is 1. The summed E-state index contributed by atoms with van der Waals surface area (Å²) >= 11 is 6.50. The number of nitrogens with one attached hydrogen (secondary N) is 1. The normalized spacial score (nSPS) is 11.2. The number of aromatic nitrogens is 2. The van der Waals surface area contributed by atoms with Crippen molar-refractivity contribution in [3.8, 4) is 28.8 Å². The van der Waals surface area contributed by atoms with Gasteiger partial charge < -0.3 is 14.8 Å². The van der Waals surface area contributed by atoms with Crippen molar-refractivity contribution in [1.29, 1.82) is 5.26 Å². The molecule has 0 fully saturated rings. The van der Waals surface area contributed by atoms with Crippen LogP contribution in [-0.2, 0) is 9.53 Å². The molecule has 0 aliphatic rings. The molecule has 0 aliphatic carbocycles. The molecule has 182 valence electrons. The number of halogens is 1. The standard InChI is InChI=1S/C27H29ClN4O3/c1-3-4-15-35-25-12-11-20(17-24(25)28)26-22(19-32(31-26)23-9-6-5-7-10-23)16-21(18-29)27(33)30-13-8-14-34-2/h5-7,9-12,16-17,19H,3-4,8,13-15H2,1-2H3,(H,30,33). The van der Waals surface area contributed by atoms with E-state index in [1.54, 1.807) is 30.1 Å². The number of nitriles is 1. The Labute approximate surface area is 210 Å². The predicted molar refractivity (Wildman–Crippen MR) is 138 cm³/mol. The highest BCUT2D eigenvalue weighted by Crippen LogP contribution is 2.32. The Morgan fingerprint density at radius 1 is 1.20 bits per heavy atom. The predicted octanol–water partition coefficient (Wildman–Crippen LogP) is 5.43. The van der Waals surface area contributed by atoms with E-state index >= 15 is 0 Å². The maximum atomic E-state index is 12.6. The molecule has 3 rings (SSSR count). The molecule has 0 saturated heterocycles. The van der Waals surface area contributed by atoms with E-state index in [9.17, 15) is 10.1 Å². The minimum Gasteiger partial charge on any atom is -0.492 e. The van der Waals surface area contributed by atoms with Crippen molar-refractivity contribution in [2.75, 3.05) is 26.9 Å². The number of methoxy groups -OCH3 is 1. The van der Waals surface area contributed by atoms with Gasteiger partial charge >= 0.3 is 0 Å². The molecular weight excluding hydrogens is 464 g/mol. The zero-order chi connectivity index (χ0) is 25.0. The van der Waals surface area contributed by atoms with Crippen molar-refractivity contribution < 1.29 is 14.3 Å². The number of benzene rings is 2. The summed E-state index contributed by atoms with van der Waals surface area (Å²) in [4.78, 5) is 12.6. The van der Waals surface area contributed by atoms with E-state index in [0.29, 0.717) is 48.2 Å². The van der Waals surface area contributed by atoms with Gasteiger partial charge in [0.2, 0.25) is 0 Å². The van der Waals surface area contributed by atoms with Gasteiger partial charge in [0.1, 0.15) is 23.1 Å². The smallest absolute Gasteiger partial charge is 0.261 e. The Morgan fingerprint density at radius 2 is 2.00 bits per heavy atom. The maximum absolute atomic E-state index is 12.6. The Kier molecular flexibility index (Phi) is 9.91. The summed E-state index contributed by atoms with van der Waals surface area (Å²) in [6, 6.07) is 17.1. The van der Waals surface area contributed by atoms with Crippen LogP contribution in [0.5, 0.6) is 5.75 Å². The van der Waals surface area contributed by atoms with Gasteiger partial charge in [0.25, 0.3) is 5.91 Å². The highest BCUT2D eigenvalue weighted by Gasteiger charge is 2.16. The summed E-state index contributed by atoms with van der Waals surface area (Å²) in [6.07, 6.45) is 5.97. The lowest BCUT2D eigenvalue weighted by Gasteiger charge is -2.09. The number of carbonyl (C=O) groups is 1. The molecule has 0 spiro atoms. The van der Waals surface area contributed by atoms with Gasteiger partial charge in [0, 0.05) is 37.6 Å². The van der Waals surface area contributed by atoms with Crippen LogP contribution in [-0.4, -0.2) is 42.6 Å². The third-order valence-corrected chi connectivity index (χ3v) is 5.50. The number of hydrogen-bond donors (Lipinski definition) is 1. The summed E-state index contributed by atoms with van der Waals surface area (Å²) in [5.74, 6) is 0.163. The lowest BCUT2D eigenvalue weighted by Crippen LogP contribution is -2.26. The van der Waals surface area contributed by atoms with Crippen LogP contribution in [0.4, 0.5) is 0 Å². The molecule has 2 aromatic carbocycles. The summed E-state index contributed by atoms with van der Waals surface area (Å²) in [6.45, 7) is 3.63. The van der Waals surface area contributed by atoms with Crippen LogP contribution in [0.2, 0.25) is 5.02 Å². The zero-order valence-electron chi connectivity index (χ0n) is 20.0. The second-order valence-electron chi connectivity index (χ2n) is 7.83. The van der Waals surface area contributed by atoms with Crippen LogP contribution in [0.1, 0.15) is 31.7 Å². The second kappa shape index (κ2) is 13.3. The maximum Gasteiger partial charge on any atom is 0.261 e. The van der Waals surface area contributed by atoms with Crippen molar-refractivity contribution in [3.05, 3.63) is 70.9 Å². The summed E-state index contributed by atoms with van der Waals surface area (Å²) < 4.78 is 12.5. The van der Waals surface area contributed by atoms with Gasteiger partial charge in [0.05, 0.1) is 17.3 Å². The number of unbranched alkanes of at least 4 members (excludes halogenated alkanes) is 1. The van der Waals surface area contributed by atoms with E-state index in [2.05, 4.69) is 12.2 Å². The highest BCUT2D eigenvalue weighted by molar-refractivity contribution is 6.32. The molecule has 1 N–H and O–H groups in total. The zero-order valence-corrected chi connectivity index (χ0v) is 20.7. The highest BCUT2D eigenvalue weighted by atomic mass is 35.5. The fourth-order valence-corrected chi connectivity index (χ4v) is 3.57. The third-order valence-electron chi connectivity index (χ3n) is 5.20. The summed E-state index contributed by atoms with van der Waals surface area (Å²) in [7, 11) is 1.60. The van der Waals surface area contributed by atoms with Crippen molar-refractivity contribution in [3.63, 3.8) is 0 Å². The SMILES string of the molecule is CCCCOc1ccc(-c2nn(-c3ccccc3)cc2C=C(C#N)C(=O)NCCCOC)cc1Cl. The monoisotopic (exact) mass is 492 g/mol. The molecule has 35 heavy (non-hydrogen) atoms. The summed E-state index contributed by atoms with van der Waals surface area (Å²) in [5, 5.41) is 17.6. The molecule has 0 atom stereocenters. The minimum atomic E-state index is -0.445. The second-order valence-corrected chi connectivity index (χ2v) is 8.24. The van der Waals surface area contributed by atoms with Gasteiger partial charge in [-0.15, -0.1) is 0 Å². The van der Waals surface area contributed by atoms with Crippen molar-refractivity contribution in [2.24, 2.45) is 0 Å². The van der Waals surface area contributed by atoms with Crippen LogP contribution in [0.15, 0.2) is 60.3 Å². The van der Waals surface area contributed by atoms with E-state index in [1.165, 1.54) is 0 Å². The minimum absolute atomic E-state index is 0.0121. The number of carbonyl (C=O) groups excluding carboxylic acids is 1. The number of ether oxygens (including phenoxy) is 2. The molecule has 0 saturated carbocycles. The van der Waals surface area contributed by atoms with Crippen molar-refractivity contribution in [1.82, 2.24) is 15.1 Å². The molecule has 3 aromatic rings. The molecule has 1 heterocycles. The first-order valence-corrected chi connectivity index (χ1v) is 11.9. The average molecular weight is 493 g/mol. The Bertz CT molecular complexity index is 1200. The van der Waals surface area contributed by atoms with Gasteiger partial charge in [-0.05, 0) is 49.2 Å². The summed E-state index contributed by atoms with van der Waals surface area (Å²) in [5.41, 5.74) is 2.80. The lowest BCUT2D eigenvalue weighted by molar-refractivity contribution is -0.117. The number of para-hydroxylation sites is 1. The Balaban J connectivity index is 1.97. The fraction of sp³-hybridized carbons (Fsp3) is 0.296. The quantitative estimate of drug-likeness (QED) is 0.207. The molecule has 1 aromatic heterocycles. The van der Waals surface area contributed by atoms with E-state index in [0.717, 1.165) is 24.1 Å². The number of rotatable bonds is 12. The first kappa shape index (κ1) is 26.0. The molecule has 8 heteroatoms. The molecule has 1 amide bonds. The fourth-order valence-electron chi connectivity index (χ4n) is 3.34. The topological polar surface area (TPSA) is 89.2 Å². The number of nitrogens with zero attached hydrogens (tertiary/aromatic N) is 3. The van der Waals surface area contributed by atoms with Crippen LogP contribution >= 0.6 is 11.6 Å². The Hall–Kier alpha value is -3.60. The molecule has 0 bridgehead atoms. The van der Waals surface area contributed by atoms with E-state index in [-0.39, 0.29) is 5.57 Å². The van der Waals surface area contributed by atoms with Crippen LogP contribution in [0.25, 0.3) is 23.0 Å². The number of hydrogen-bond acceptors (Lipinski definition) is 5. The first-order valence-electron chi connectivity index (χ1n) is 11.5. The molecule has 0 aliphatic heterocycles. The third kappa shape index (κ3) is 7.19. The van der Waals surface area contributed by atoms with Crippen LogP contribution in [0, 0.1) is 11.3 Å². The van der Waals surface area contributed by atoms with Gasteiger partial charge in [-0.2, -0.15) is 10.4 Å². The average Bonchev–Trinajstić information content (AvgIpc) is 3.30. The molecule has 7 nitrogen and oxygen atoms in total.